The Morgan fingerprint density at radius 2 is 2.00 bits per heavy atom. The lowest BCUT2D eigenvalue weighted by molar-refractivity contribution is -0.120. The standard InChI is InChI=1S/C13H27N3O/c1-4-14-13(17)5-8-15-12-6-9-16(10-7-12)11(2)3/h11-12,15H,4-10H2,1-3H3,(H,14,17). The van der Waals surface area contributed by atoms with Crippen molar-refractivity contribution in [3.63, 3.8) is 0 Å². The van der Waals surface area contributed by atoms with Gasteiger partial charge in [-0.1, -0.05) is 0 Å². The quantitative estimate of drug-likeness (QED) is 0.728. The van der Waals surface area contributed by atoms with E-state index in [1.165, 1.54) is 25.9 Å². The summed E-state index contributed by atoms with van der Waals surface area (Å²) in [5.74, 6) is 0.152. The molecular formula is C13H27N3O. The van der Waals surface area contributed by atoms with Gasteiger partial charge in [0.15, 0.2) is 0 Å². The Morgan fingerprint density at radius 3 is 2.53 bits per heavy atom. The van der Waals surface area contributed by atoms with E-state index in [1.807, 2.05) is 6.92 Å². The molecule has 0 unspecified atom stereocenters. The van der Waals surface area contributed by atoms with Crippen molar-refractivity contribution in [1.29, 1.82) is 0 Å². The number of likely N-dealkylation sites (tertiary alicyclic amines) is 1. The van der Waals surface area contributed by atoms with Gasteiger partial charge in [0, 0.05) is 31.6 Å². The molecule has 1 aliphatic heterocycles. The number of amides is 1. The fraction of sp³-hybridized carbons (Fsp3) is 0.923. The van der Waals surface area contributed by atoms with Gasteiger partial charge in [-0.15, -0.1) is 0 Å². The highest BCUT2D eigenvalue weighted by Gasteiger charge is 2.20. The summed E-state index contributed by atoms with van der Waals surface area (Å²) in [4.78, 5) is 13.8. The summed E-state index contributed by atoms with van der Waals surface area (Å²) >= 11 is 0. The maximum absolute atomic E-state index is 11.3. The number of nitrogens with one attached hydrogen (secondary N) is 2. The zero-order valence-corrected chi connectivity index (χ0v) is 11.5. The molecule has 0 aromatic carbocycles. The molecule has 2 N–H and O–H groups in total. The van der Waals surface area contributed by atoms with Crippen LogP contribution in [0.25, 0.3) is 0 Å². The second-order valence-corrected chi connectivity index (χ2v) is 5.06. The molecule has 0 bridgehead atoms. The molecule has 0 aromatic rings. The van der Waals surface area contributed by atoms with Crippen LogP contribution in [0.15, 0.2) is 0 Å². The van der Waals surface area contributed by atoms with Crippen LogP contribution in [0.2, 0.25) is 0 Å². The Bertz CT molecular complexity index is 223. The van der Waals surface area contributed by atoms with Crippen LogP contribution in [0.4, 0.5) is 0 Å². The highest BCUT2D eigenvalue weighted by Crippen LogP contribution is 2.12. The van der Waals surface area contributed by atoms with Crippen molar-refractivity contribution in [1.82, 2.24) is 15.5 Å². The summed E-state index contributed by atoms with van der Waals surface area (Å²) in [5, 5.41) is 6.30. The van der Waals surface area contributed by atoms with Gasteiger partial charge in [0.1, 0.15) is 0 Å². The first-order valence-corrected chi connectivity index (χ1v) is 6.87. The van der Waals surface area contributed by atoms with E-state index in [2.05, 4.69) is 29.4 Å². The van der Waals surface area contributed by atoms with Crippen molar-refractivity contribution in [2.75, 3.05) is 26.2 Å². The van der Waals surface area contributed by atoms with E-state index in [0.29, 0.717) is 18.5 Å². The highest BCUT2D eigenvalue weighted by atomic mass is 16.1. The van der Waals surface area contributed by atoms with Crippen LogP contribution < -0.4 is 10.6 Å². The van der Waals surface area contributed by atoms with Crippen LogP contribution in [-0.2, 0) is 4.79 Å². The topological polar surface area (TPSA) is 44.4 Å². The van der Waals surface area contributed by atoms with E-state index >= 15 is 0 Å². The molecule has 0 atom stereocenters. The third kappa shape index (κ3) is 5.50. The lowest BCUT2D eigenvalue weighted by Gasteiger charge is -2.35. The summed E-state index contributed by atoms with van der Waals surface area (Å²) in [6.45, 7) is 10.3. The van der Waals surface area contributed by atoms with Crippen LogP contribution >= 0.6 is 0 Å². The van der Waals surface area contributed by atoms with E-state index in [1.54, 1.807) is 0 Å². The van der Waals surface area contributed by atoms with Crippen molar-refractivity contribution < 1.29 is 4.79 Å². The van der Waals surface area contributed by atoms with E-state index in [9.17, 15) is 4.79 Å². The number of nitrogens with zero attached hydrogens (tertiary/aromatic N) is 1. The molecule has 1 aliphatic rings. The third-order valence-corrected chi connectivity index (χ3v) is 3.42. The predicted octanol–water partition coefficient (Wildman–Crippen LogP) is 0.975. The average Bonchev–Trinajstić information content (AvgIpc) is 2.30. The number of carbonyl (C=O) groups is 1. The normalized spacial score (nSPS) is 18.6. The van der Waals surface area contributed by atoms with Gasteiger partial charge in [-0.2, -0.15) is 0 Å². The number of piperidine rings is 1. The van der Waals surface area contributed by atoms with Gasteiger partial charge in [-0.05, 0) is 46.7 Å². The molecule has 17 heavy (non-hydrogen) atoms. The van der Waals surface area contributed by atoms with Gasteiger partial charge in [-0.25, -0.2) is 0 Å². The summed E-state index contributed by atoms with van der Waals surface area (Å²) in [6.07, 6.45) is 3.00. The molecule has 1 heterocycles. The average molecular weight is 241 g/mol. The fourth-order valence-electron chi connectivity index (χ4n) is 2.30. The van der Waals surface area contributed by atoms with Crippen LogP contribution in [0.5, 0.6) is 0 Å². The van der Waals surface area contributed by atoms with Gasteiger partial charge < -0.3 is 15.5 Å². The Kier molecular flexibility index (Phi) is 6.52. The Morgan fingerprint density at radius 1 is 1.35 bits per heavy atom. The zero-order chi connectivity index (χ0) is 12.7. The van der Waals surface area contributed by atoms with Gasteiger partial charge >= 0.3 is 0 Å². The van der Waals surface area contributed by atoms with Crippen LogP contribution in [0.1, 0.15) is 40.0 Å². The molecule has 4 nitrogen and oxygen atoms in total. The molecule has 1 saturated heterocycles. The van der Waals surface area contributed by atoms with Gasteiger partial charge in [0.2, 0.25) is 5.91 Å². The monoisotopic (exact) mass is 241 g/mol. The lowest BCUT2D eigenvalue weighted by atomic mass is 10.0. The lowest BCUT2D eigenvalue weighted by Crippen LogP contribution is -2.45. The van der Waals surface area contributed by atoms with Crippen LogP contribution in [0, 0.1) is 0 Å². The fourth-order valence-corrected chi connectivity index (χ4v) is 2.30. The second-order valence-electron chi connectivity index (χ2n) is 5.06. The van der Waals surface area contributed by atoms with E-state index in [4.69, 9.17) is 0 Å². The second kappa shape index (κ2) is 7.67. The molecule has 0 aromatic heterocycles. The number of hydrogen-bond donors (Lipinski definition) is 2. The molecule has 4 heteroatoms. The maximum Gasteiger partial charge on any atom is 0.221 e. The molecule has 100 valence electrons. The first-order valence-electron chi connectivity index (χ1n) is 6.87. The SMILES string of the molecule is CCNC(=O)CCNC1CCN(C(C)C)CC1. The van der Waals surface area contributed by atoms with E-state index in [-0.39, 0.29) is 5.91 Å². The number of hydrogen-bond acceptors (Lipinski definition) is 3. The molecule has 0 aliphatic carbocycles. The molecule has 1 amide bonds. The zero-order valence-electron chi connectivity index (χ0n) is 11.5. The largest absolute Gasteiger partial charge is 0.356 e. The Hall–Kier alpha value is -0.610. The summed E-state index contributed by atoms with van der Waals surface area (Å²) in [7, 11) is 0. The van der Waals surface area contributed by atoms with E-state index < -0.39 is 0 Å². The third-order valence-electron chi connectivity index (χ3n) is 3.42. The Labute approximate surface area is 105 Å². The molecule has 0 saturated carbocycles. The minimum absolute atomic E-state index is 0.152. The minimum Gasteiger partial charge on any atom is -0.356 e. The minimum atomic E-state index is 0.152. The van der Waals surface area contributed by atoms with Crippen LogP contribution in [-0.4, -0.2) is 49.1 Å². The van der Waals surface area contributed by atoms with Crippen LogP contribution in [0.3, 0.4) is 0 Å². The van der Waals surface area contributed by atoms with Crippen molar-refractivity contribution in [2.45, 2.75) is 52.1 Å². The van der Waals surface area contributed by atoms with E-state index in [0.717, 1.165) is 13.1 Å². The highest BCUT2D eigenvalue weighted by molar-refractivity contribution is 5.75. The number of rotatable bonds is 6. The molecule has 0 spiro atoms. The first kappa shape index (κ1) is 14.5. The molecule has 1 rings (SSSR count). The summed E-state index contributed by atoms with van der Waals surface area (Å²) in [5.41, 5.74) is 0. The summed E-state index contributed by atoms with van der Waals surface area (Å²) in [6, 6.07) is 1.26. The smallest absolute Gasteiger partial charge is 0.221 e. The predicted molar refractivity (Wildman–Crippen MR) is 71.0 cm³/mol. The van der Waals surface area contributed by atoms with Gasteiger partial charge in [0.05, 0.1) is 0 Å². The maximum atomic E-state index is 11.3. The van der Waals surface area contributed by atoms with Crippen molar-refractivity contribution in [3.8, 4) is 0 Å². The first-order chi connectivity index (χ1) is 8.13. The molecule has 1 fully saturated rings. The van der Waals surface area contributed by atoms with Gasteiger partial charge in [0.25, 0.3) is 0 Å². The molecular weight excluding hydrogens is 214 g/mol. The summed E-state index contributed by atoms with van der Waals surface area (Å²) < 4.78 is 0. The Balaban J connectivity index is 2.08. The van der Waals surface area contributed by atoms with Crippen molar-refractivity contribution in [3.05, 3.63) is 0 Å². The van der Waals surface area contributed by atoms with Crippen molar-refractivity contribution >= 4 is 5.91 Å². The van der Waals surface area contributed by atoms with Crippen molar-refractivity contribution in [2.24, 2.45) is 0 Å². The number of carbonyl (C=O) groups excluding carboxylic acids is 1. The van der Waals surface area contributed by atoms with Gasteiger partial charge in [-0.3, -0.25) is 4.79 Å². The molecule has 0 radical (unpaired) electrons.